The Hall–Kier alpha value is -2.87. The molecule has 0 aromatic heterocycles. The topological polar surface area (TPSA) is 38.8 Å². The highest BCUT2D eigenvalue weighted by atomic mass is 79.9. The molecule has 1 aliphatic heterocycles. The van der Waals surface area contributed by atoms with Crippen molar-refractivity contribution in [1.29, 1.82) is 0 Å². The first kappa shape index (κ1) is 25.2. The van der Waals surface area contributed by atoms with Crippen LogP contribution in [-0.2, 0) is 17.8 Å². The highest BCUT2D eigenvalue weighted by molar-refractivity contribution is 9.10. The number of hydrogen-bond donors (Lipinski definition) is 0. The van der Waals surface area contributed by atoms with Gasteiger partial charge in [0.05, 0.1) is 17.2 Å². The average molecular weight is 567 g/mol. The summed E-state index contributed by atoms with van der Waals surface area (Å²) in [5.41, 5.74) is 3.58. The number of nitrogens with zero attached hydrogens (tertiary/aromatic N) is 1. The quantitative estimate of drug-likeness (QED) is 0.152. The molecule has 0 N–H and O–H groups in total. The molecule has 4 rings (SSSR count). The van der Waals surface area contributed by atoms with Crippen LogP contribution in [0.1, 0.15) is 23.6 Å². The van der Waals surface area contributed by atoms with E-state index in [-0.39, 0.29) is 5.91 Å². The third kappa shape index (κ3) is 6.04. The lowest BCUT2D eigenvalue weighted by Crippen LogP contribution is -2.27. The molecule has 0 radical (unpaired) electrons. The second kappa shape index (κ2) is 11.7. The molecule has 1 fully saturated rings. The molecule has 178 valence electrons. The molecule has 1 saturated heterocycles. The molecule has 7 heteroatoms. The van der Waals surface area contributed by atoms with Gasteiger partial charge in [-0.15, -0.1) is 6.58 Å². The number of rotatable bonds is 9. The lowest BCUT2D eigenvalue weighted by atomic mass is 10.0. The van der Waals surface area contributed by atoms with E-state index in [2.05, 4.69) is 22.5 Å². The number of hydrogen-bond acceptors (Lipinski definition) is 5. The third-order valence-corrected chi connectivity index (χ3v) is 7.00. The van der Waals surface area contributed by atoms with Gasteiger partial charge in [0.1, 0.15) is 6.61 Å². The standard InChI is InChI=1S/C28H24BrNO3S2/c1-3-9-21-14-20(15-24(32-4-2)26(21)33-18-19-10-6-5-7-11-19)16-25-27(31)30(28(34)35-25)23-13-8-12-22(29)17-23/h3,5-8,10-17H,1,4,9,18H2,2H3/b25-16-. The SMILES string of the molecule is C=CCc1cc(/C=C2\SC(=S)N(c3cccc(Br)c3)C2=O)cc(OCC)c1OCc1ccccc1. The summed E-state index contributed by atoms with van der Waals surface area (Å²) < 4.78 is 13.5. The maximum Gasteiger partial charge on any atom is 0.270 e. The van der Waals surface area contributed by atoms with Gasteiger partial charge in [-0.3, -0.25) is 9.69 Å². The van der Waals surface area contributed by atoms with Crippen LogP contribution in [0.15, 0.2) is 88.8 Å². The summed E-state index contributed by atoms with van der Waals surface area (Å²) in [5.74, 6) is 1.18. The monoisotopic (exact) mass is 565 g/mol. The molecule has 0 atom stereocenters. The molecule has 1 aliphatic rings. The minimum atomic E-state index is -0.147. The number of ether oxygens (including phenoxy) is 2. The zero-order chi connectivity index (χ0) is 24.8. The summed E-state index contributed by atoms with van der Waals surface area (Å²) in [5, 5.41) is 0. The summed E-state index contributed by atoms with van der Waals surface area (Å²) in [6.07, 6.45) is 4.29. The summed E-state index contributed by atoms with van der Waals surface area (Å²) in [6, 6.07) is 21.4. The zero-order valence-electron chi connectivity index (χ0n) is 19.2. The van der Waals surface area contributed by atoms with Crippen molar-refractivity contribution in [1.82, 2.24) is 0 Å². The number of allylic oxidation sites excluding steroid dienone is 1. The molecule has 0 aliphatic carbocycles. The van der Waals surface area contributed by atoms with Crippen molar-refractivity contribution in [2.24, 2.45) is 0 Å². The molecule has 0 spiro atoms. The van der Waals surface area contributed by atoms with Gasteiger partial charge in [-0.05, 0) is 60.9 Å². The number of thioether (sulfide) groups is 1. The van der Waals surface area contributed by atoms with Crippen molar-refractivity contribution >= 4 is 61.9 Å². The van der Waals surface area contributed by atoms with Crippen LogP contribution in [0, 0.1) is 0 Å². The minimum absolute atomic E-state index is 0.147. The first-order valence-electron chi connectivity index (χ1n) is 11.1. The van der Waals surface area contributed by atoms with E-state index in [9.17, 15) is 4.79 Å². The van der Waals surface area contributed by atoms with E-state index in [0.29, 0.717) is 40.4 Å². The zero-order valence-corrected chi connectivity index (χ0v) is 22.4. The Morgan fingerprint density at radius 2 is 1.89 bits per heavy atom. The minimum Gasteiger partial charge on any atom is -0.490 e. The smallest absolute Gasteiger partial charge is 0.270 e. The summed E-state index contributed by atoms with van der Waals surface area (Å²) in [7, 11) is 0. The fourth-order valence-electron chi connectivity index (χ4n) is 3.69. The normalized spacial score (nSPS) is 14.5. The molecule has 3 aromatic carbocycles. The maximum absolute atomic E-state index is 13.2. The highest BCUT2D eigenvalue weighted by Crippen LogP contribution is 2.39. The second-order valence-electron chi connectivity index (χ2n) is 7.70. The van der Waals surface area contributed by atoms with Crippen LogP contribution < -0.4 is 14.4 Å². The summed E-state index contributed by atoms with van der Waals surface area (Å²) >= 11 is 10.3. The number of anilines is 1. The highest BCUT2D eigenvalue weighted by Gasteiger charge is 2.33. The third-order valence-electron chi connectivity index (χ3n) is 5.20. The van der Waals surface area contributed by atoms with E-state index in [1.807, 2.05) is 85.8 Å². The van der Waals surface area contributed by atoms with Crippen LogP contribution in [-0.4, -0.2) is 16.8 Å². The second-order valence-corrected chi connectivity index (χ2v) is 10.3. The summed E-state index contributed by atoms with van der Waals surface area (Å²) in [6.45, 7) is 6.75. The van der Waals surface area contributed by atoms with E-state index in [1.54, 1.807) is 4.90 Å². The van der Waals surface area contributed by atoms with Gasteiger partial charge < -0.3 is 9.47 Å². The van der Waals surface area contributed by atoms with Crippen molar-refractivity contribution in [3.05, 3.63) is 105 Å². The molecule has 1 amide bonds. The van der Waals surface area contributed by atoms with Crippen molar-refractivity contribution in [3.63, 3.8) is 0 Å². The van der Waals surface area contributed by atoms with E-state index >= 15 is 0 Å². The average Bonchev–Trinajstić information content (AvgIpc) is 3.12. The van der Waals surface area contributed by atoms with Gasteiger partial charge in [-0.25, -0.2) is 0 Å². The molecule has 35 heavy (non-hydrogen) atoms. The van der Waals surface area contributed by atoms with Crippen LogP contribution in [0.2, 0.25) is 0 Å². The number of carbonyl (C=O) groups excluding carboxylic acids is 1. The fraction of sp³-hybridized carbons (Fsp3) is 0.143. The van der Waals surface area contributed by atoms with Gasteiger partial charge in [0.25, 0.3) is 5.91 Å². The van der Waals surface area contributed by atoms with E-state index in [0.717, 1.165) is 26.9 Å². The van der Waals surface area contributed by atoms with Gasteiger partial charge in [0.2, 0.25) is 0 Å². The van der Waals surface area contributed by atoms with Crippen molar-refractivity contribution < 1.29 is 14.3 Å². The van der Waals surface area contributed by atoms with Crippen LogP contribution in [0.3, 0.4) is 0 Å². The van der Waals surface area contributed by atoms with E-state index in [1.165, 1.54) is 11.8 Å². The molecular weight excluding hydrogens is 542 g/mol. The Bertz CT molecular complexity index is 1290. The Morgan fingerprint density at radius 1 is 1.09 bits per heavy atom. The Labute approximate surface area is 223 Å². The Balaban J connectivity index is 1.67. The van der Waals surface area contributed by atoms with E-state index < -0.39 is 0 Å². The van der Waals surface area contributed by atoms with Crippen molar-refractivity contribution in [2.75, 3.05) is 11.5 Å². The van der Waals surface area contributed by atoms with Crippen molar-refractivity contribution in [3.8, 4) is 11.5 Å². The largest absolute Gasteiger partial charge is 0.490 e. The van der Waals surface area contributed by atoms with Crippen LogP contribution in [0.5, 0.6) is 11.5 Å². The van der Waals surface area contributed by atoms with Crippen LogP contribution in [0.4, 0.5) is 5.69 Å². The fourth-order valence-corrected chi connectivity index (χ4v) is 5.37. The number of benzene rings is 3. The van der Waals surface area contributed by atoms with Gasteiger partial charge >= 0.3 is 0 Å². The number of halogens is 1. The van der Waals surface area contributed by atoms with Crippen molar-refractivity contribution in [2.45, 2.75) is 20.0 Å². The predicted molar refractivity (Wildman–Crippen MR) is 152 cm³/mol. The van der Waals surface area contributed by atoms with Gasteiger partial charge in [-0.2, -0.15) is 0 Å². The molecule has 4 nitrogen and oxygen atoms in total. The predicted octanol–water partition coefficient (Wildman–Crippen LogP) is 7.56. The Kier molecular flexibility index (Phi) is 8.44. The number of amides is 1. The lowest BCUT2D eigenvalue weighted by Gasteiger charge is -2.17. The first-order valence-corrected chi connectivity index (χ1v) is 13.1. The summed E-state index contributed by atoms with van der Waals surface area (Å²) in [4.78, 5) is 15.4. The number of carbonyl (C=O) groups is 1. The molecule has 0 bridgehead atoms. The van der Waals surface area contributed by atoms with Crippen LogP contribution in [0.25, 0.3) is 6.08 Å². The number of thiocarbonyl (C=S) groups is 1. The van der Waals surface area contributed by atoms with Gasteiger partial charge in [0, 0.05) is 10.0 Å². The van der Waals surface area contributed by atoms with Gasteiger partial charge in [-0.1, -0.05) is 82.4 Å². The molecule has 1 heterocycles. The lowest BCUT2D eigenvalue weighted by molar-refractivity contribution is -0.113. The van der Waals surface area contributed by atoms with E-state index in [4.69, 9.17) is 21.7 Å². The Morgan fingerprint density at radius 3 is 2.60 bits per heavy atom. The van der Waals surface area contributed by atoms with Crippen LogP contribution >= 0.6 is 39.9 Å². The molecule has 3 aromatic rings. The first-order chi connectivity index (χ1) is 17.0. The van der Waals surface area contributed by atoms with Gasteiger partial charge in [0.15, 0.2) is 15.8 Å². The molecule has 0 unspecified atom stereocenters. The molecule has 0 saturated carbocycles. The molecular formula is C28H24BrNO3S2. The maximum atomic E-state index is 13.2.